The number of hydrogen-bond donors (Lipinski definition) is 2. The van der Waals surface area contributed by atoms with Gasteiger partial charge in [-0.25, -0.2) is 8.42 Å². The van der Waals surface area contributed by atoms with Gasteiger partial charge in [0.1, 0.15) is 15.7 Å². The maximum Gasteiger partial charge on any atom is 0.239 e. The summed E-state index contributed by atoms with van der Waals surface area (Å²) >= 11 is 0. The normalized spacial score (nSPS) is 11.2. The zero-order valence-electron chi connectivity index (χ0n) is 10.6. The highest BCUT2D eigenvalue weighted by Crippen LogP contribution is 2.20. The molecule has 0 spiro atoms. The largest absolute Gasteiger partial charge is 0.476 e. The third-order valence-electron chi connectivity index (χ3n) is 2.17. The Hall–Kier alpha value is -1.50. The number of aromatic nitrogens is 1. The van der Waals surface area contributed by atoms with Crippen LogP contribution >= 0.6 is 0 Å². The van der Waals surface area contributed by atoms with Crippen LogP contribution in [0.3, 0.4) is 0 Å². The fourth-order valence-corrected chi connectivity index (χ4v) is 2.02. The van der Waals surface area contributed by atoms with Crippen molar-refractivity contribution in [2.45, 2.75) is 13.3 Å². The van der Waals surface area contributed by atoms with E-state index in [4.69, 9.17) is 10.5 Å². The number of nitrogens with two attached hydrogens (primary N) is 1. The van der Waals surface area contributed by atoms with Crippen molar-refractivity contribution in [3.8, 4) is 5.88 Å². The van der Waals surface area contributed by atoms with Crippen molar-refractivity contribution in [3.05, 3.63) is 12.1 Å². The van der Waals surface area contributed by atoms with Gasteiger partial charge in [0, 0.05) is 12.8 Å². The number of nitrogens with one attached hydrogen (secondary N) is 1. The van der Waals surface area contributed by atoms with E-state index >= 15 is 0 Å². The number of pyridine rings is 1. The van der Waals surface area contributed by atoms with Crippen LogP contribution in [-0.2, 0) is 9.84 Å². The van der Waals surface area contributed by atoms with Gasteiger partial charge in [0.2, 0.25) is 5.88 Å². The molecule has 0 aliphatic heterocycles. The van der Waals surface area contributed by atoms with Crippen molar-refractivity contribution in [1.82, 2.24) is 4.98 Å². The first-order chi connectivity index (χ1) is 8.42. The van der Waals surface area contributed by atoms with Crippen molar-refractivity contribution in [3.63, 3.8) is 0 Å². The fourth-order valence-electron chi connectivity index (χ4n) is 1.35. The molecule has 0 amide bonds. The van der Waals surface area contributed by atoms with Crippen molar-refractivity contribution >= 4 is 21.3 Å². The summed E-state index contributed by atoms with van der Waals surface area (Å²) in [6.45, 7) is 2.89. The Labute approximate surface area is 107 Å². The molecule has 1 rings (SSSR count). The first-order valence-corrected chi connectivity index (χ1v) is 7.79. The Bertz CT molecular complexity index is 488. The van der Waals surface area contributed by atoms with Crippen LogP contribution in [0.25, 0.3) is 0 Å². The Kier molecular flexibility index (Phi) is 5.21. The molecule has 6 nitrogen and oxygen atoms in total. The van der Waals surface area contributed by atoms with E-state index in [1.807, 2.05) is 6.92 Å². The number of rotatable bonds is 7. The smallest absolute Gasteiger partial charge is 0.239 e. The van der Waals surface area contributed by atoms with Crippen molar-refractivity contribution in [2.24, 2.45) is 0 Å². The Balaban J connectivity index is 2.50. The van der Waals surface area contributed by atoms with Gasteiger partial charge in [-0.2, -0.15) is 4.98 Å². The summed E-state index contributed by atoms with van der Waals surface area (Å²) < 4.78 is 27.2. The first kappa shape index (κ1) is 14.6. The van der Waals surface area contributed by atoms with Gasteiger partial charge in [-0.05, 0) is 25.5 Å². The van der Waals surface area contributed by atoms with Crippen LogP contribution in [0.4, 0.5) is 11.5 Å². The predicted octanol–water partition coefficient (Wildman–Crippen LogP) is 0.909. The van der Waals surface area contributed by atoms with E-state index < -0.39 is 9.84 Å². The van der Waals surface area contributed by atoms with Crippen LogP contribution in [0, 0.1) is 0 Å². The molecule has 0 fully saturated rings. The summed E-state index contributed by atoms with van der Waals surface area (Å²) in [7, 11) is -2.91. The molecule has 0 aliphatic carbocycles. The molecule has 0 aliphatic rings. The number of anilines is 2. The molecular formula is C11H19N3O3S. The highest BCUT2D eigenvalue weighted by molar-refractivity contribution is 7.90. The van der Waals surface area contributed by atoms with Crippen LogP contribution in [0.2, 0.25) is 0 Å². The van der Waals surface area contributed by atoms with Gasteiger partial charge in [0.15, 0.2) is 0 Å². The summed E-state index contributed by atoms with van der Waals surface area (Å²) in [5.74, 6) is 1.18. The number of ether oxygens (including phenoxy) is 1. The number of nitrogens with zero attached hydrogens (tertiary/aromatic N) is 1. The van der Waals surface area contributed by atoms with E-state index in [1.165, 1.54) is 6.26 Å². The lowest BCUT2D eigenvalue weighted by Gasteiger charge is -2.09. The second kappa shape index (κ2) is 6.44. The lowest BCUT2D eigenvalue weighted by molar-refractivity contribution is 0.329. The standard InChI is InChI=1S/C11H19N3O3S/c1-3-17-11-9(12)5-6-10(14-11)13-7-4-8-18(2,15)16/h5-6H,3-4,7-8,12H2,1-2H3,(H,13,14). The van der Waals surface area contributed by atoms with Crippen LogP contribution in [0.5, 0.6) is 5.88 Å². The topological polar surface area (TPSA) is 94.3 Å². The summed E-state index contributed by atoms with van der Waals surface area (Å²) in [4.78, 5) is 4.19. The van der Waals surface area contributed by atoms with E-state index in [-0.39, 0.29) is 5.75 Å². The van der Waals surface area contributed by atoms with E-state index in [2.05, 4.69) is 10.3 Å². The summed E-state index contributed by atoms with van der Waals surface area (Å²) in [6.07, 6.45) is 1.76. The lowest BCUT2D eigenvalue weighted by atomic mass is 10.4. The summed E-state index contributed by atoms with van der Waals surface area (Å²) in [5.41, 5.74) is 6.18. The molecule has 1 aromatic rings. The van der Waals surface area contributed by atoms with Crippen LogP contribution in [-0.4, -0.2) is 38.6 Å². The molecular weight excluding hydrogens is 254 g/mol. The first-order valence-electron chi connectivity index (χ1n) is 5.73. The van der Waals surface area contributed by atoms with Crippen LogP contribution in [0.15, 0.2) is 12.1 Å². The fraction of sp³-hybridized carbons (Fsp3) is 0.545. The molecule has 18 heavy (non-hydrogen) atoms. The SMILES string of the molecule is CCOc1nc(NCCCS(C)(=O)=O)ccc1N. The molecule has 0 bridgehead atoms. The quantitative estimate of drug-likeness (QED) is 0.717. The number of hydrogen-bond acceptors (Lipinski definition) is 6. The van der Waals surface area contributed by atoms with Gasteiger partial charge in [-0.3, -0.25) is 0 Å². The molecule has 1 heterocycles. The van der Waals surface area contributed by atoms with Gasteiger partial charge in [-0.1, -0.05) is 0 Å². The average Bonchev–Trinajstić information content (AvgIpc) is 2.28. The zero-order chi connectivity index (χ0) is 13.6. The predicted molar refractivity (Wildman–Crippen MR) is 72.6 cm³/mol. The molecule has 1 aromatic heterocycles. The van der Waals surface area contributed by atoms with Crippen molar-refractivity contribution < 1.29 is 13.2 Å². The highest BCUT2D eigenvalue weighted by Gasteiger charge is 2.04. The third-order valence-corrected chi connectivity index (χ3v) is 3.20. The Morgan fingerprint density at radius 2 is 2.17 bits per heavy atom. The maximum atomic E-state index is 10.9. The van der Waals surface area contributed by atoms with E-state index in [0.29, 0.717) is 37.0 Å². The second-order valence-corrected chi connectivity index (χ2v) is 6.19. The Morgan fingerprint density at radius 1 is 1.44 bits per heavy atom. The minimum atomic E-state index is -2.91. The third kappa shape index (κ3) is 5.22. The minimum Gasteiger partial charge on any atom is -0.476 e. The molecule has 0 unspecified atom stereocenters. The van der Waals surface area contributed by atoms with Gasteiger partial charge < -0.3 is 15.8 Å². The molecule has 0 atom stereocenters. The van der Waals surface area contributed by atoms with Crippen molar-refractivity contribution in [1.29, 1.82) is 0 Å². The summed E-state index contributed by atoms with van der Waals surface area (Å²) in [5, 5.41) is 3.03. The molecule has 102 valence electrons. The molecule has 3 N–H and O–H groups in total. The number of sulfone groups is 1. The van der Waals surface area contributed by atoms with E-state index in [0.717, 1.165) is 0 Å². The van der Waals surface area contributed by atoms with E-state index in [9.17, 15) is 8.42 Å². The van der Waals surface area contributed by atoms with Crippen LogP contribution in [0.1, 0.15) is 13.3 Å². The zero-order valence-corrected chi connectivity index (χ0v) is 11.5. The maximum absolute atomic E-state index is 10.9. The molecule has 0 saturated heterocycles. The second-order valence-electron chi connectivity index (χ2n) is 3.93. The van der Waals surface area contributed by atoms with Crippen LogP contribution < -0.4 is 15.8 Å². The monoisotopic (exact) mass is 273 g/mol. The van der Waals surface area contributed by atoms with Gasteiger partial charge in [0.05, 0.1) is 18.0 Å². The molecule has 7 heteroatoms. The molecule has 0 saturated carbocycles. The van der Waals surface area contributed by atoms with Crippen molar-refractivity contribution in [2.75, 3.05) is 36.2 Å². The van der Waals surface area contributed by atoms with Gasteiger partial charge in [0.25, 0.3) is 0 Å². The summed E-state index contributed by atoms with van der Waals surface area (Å²) in [6, 6.07) is 3.44. The molecule has 0 aromatic carbocycles. The highest BCUT2D eigenvalue weighted by atomic mass is 32.2. The Morgan fingerprint density at radius 3 is 2.78 bits per heavy atom. The van der Waals surface area contributed by atoms with Gasteiger partial charge in [-0.15, -0.1) is 0 Å². The van der Waals surface area contributed by atoms with E-state index in [1.54, 1.807) is 12.1 Å². The average molecular weight is 273 g/mol. The minimum absolute atomic E-state index is 0.160. The lowest BCUT2D eigenvalue weighted by Crippen LogP contribution is -2.11. The van der Waals surface area contributed by atoms with Gasteiger partial charge >= 0.3 is 0 Å². The number of nitrogen functional groups attached to an aromatic ring is 1. The molecule has 0 radical (unpaired) electrons.